The lowest BCUT2D eigenvalue weighted by atomic mass is 9.86. The molecule has 0 aromatic heterocycles. The second-order valence-electron chi connectivity index (χ2n) is 3.57. The summed E-state index contributed by atoms with van der Waals surface area (Å²) < 4.78 is 0. The van der Waals surface area contributed by atoms with Crippen molar-refractivity contribution in [3.8, 4) is 0 Å². The van der Waals surface area contributed by atoms with Gasteiger partial charge < -0.3 is 5.32 Å². The molecule has 0 bridgehead atoms. The molecule has 1 amide bonds. The second kappa shape index (κ2) is 2.77. The first-order valence-electron chi connectivity index (χ1n) is 4.43. The number of nitrogens with one attached hydrogen (secondary N) is 1. The van der Waals surface area contributed by atoms with Gasteiger partial charge in [0.1, 0.15) is 0 Å². The fourth-order valence-corrected chi connectivity index (χ4v) is 1.87. The molecule has 1 atom stereocenters. The highest BCUT2D eigenvalue weighted by molar-refractivity contribution is 5.50. The molecule has 1 unspecified atom stereocenters. The van der Waals surface area contributed by atoms with Gasteiger partial charge in [-0.15, -0.1) is 0 Å². The fourth-order valence-electron chi connectivity index (χ4n) is 1.87. The summed E-state index contributed by atoms with van der Waals surface area (Å²) in [4.78, 5) is 10.4. The van der Waals surface area contributed by atoms with Gasteiger partial charge in [-0.2, -0.15) is 0 Å². The van der Waals surface area contributed by atoms with Crippen LogP contribution in [-0.4, -0.2) is 11.9 Å². The normalized spacial score (nSPS) is 33.3. The van der Waals surface area contributed by atoms with Crippen LogP contribution in [0.3, 0.4) is 0 Å². The maximum Gasteiger partial charge on any atom is 0.207 e. The van der Waals surface area contributed by atoms with E-state index in [1.165, 1.54) is 12.8 Å². The Labute approximate surface area is 72.3 Å². The van der Waals surface area contributed by atoms with E-state index in [-0.39, 0.29) is 5.54 Å². The maximum atomic E-state index is 10.4. The zero-order valence-electron chi connectivity index (χ0n) is 6.99. The van der Waals surface area contributed by atoms with Crippen molar-refractivity contribution < 1.29 is 4.79 Å². The number of hydrogen-bond donors (Lipinski definition) is 1. The van der Waals surface area contributed by atoms with Gasteiger partial charge in [-0.3, -0.25) is 4.79 Å². The zero-order valence-corrected chi connectivity index (χ0v) is 6.99. The van der Waals surface area contributed by atoms with Gasteiger partial charge >= 0.3 is 0 Å². The van der Waals surface area contributed by atoms with Crippen LogP contribution in [0.25, 0.3) is 0 Å². The van der Waals surface area contributed by atoms with Crippen LogP contribution in [0.1, 0.15) is 19.3 Å². The van der Waals surface area contributed by atoms with Crippen LogP contribution in [0.4, 0.5) is 0 Å². The highest BCUT2D eigenvalue weighted by Crippen LogP contribution is 2.43. The van der Waals surface area contributed by atoms with Crippen molar-refractivity contribution in [1.82, 2.24) is 5.32 Å². The topological polar surface area (TPSA) is 29.1 Å². The highest BCUT2D eigenvalue weighted by atomic mass is 16.1. The molecule has 0 radical (unpaired) electrons. The summed E-state index contributed by atoms with van der Waals surface area (Å²) in [6.07, 6.45) is 12.6. The average molecular weight is 163 g/mol. The maximum absolute atomic E-state index is 10.4. The molecule has 64 valence electrons. The average Bonchev–Trinajstić information content (AvgIpc) is 2.89. The van der Waals surface area contributed by atoms with E-state index in [9.17, 15) is 4.79 Å². The Morgan fingerprint density at radius 2 is 2.25 bits per heavy atom. The summed E-state index contributed by atoms with van der Waals surface area (Å²) in [6.45, 7) is 0. The van der Waals surface area contributed by atoms with Crippen LogP contribution < -0.4 is 5.32 Å². The monoisotopic (exact) mass is 163 g/mol. The summed E-state index contributed by atoms with van der Waals surface area (Å²) in [5, 5.41) is 2.94. The van der Waals surface area contributed by atoms with E-state index in [0.717, 1.165) is 12.8 Å². The molecule has 1 fully saturated rings. The summed E-state index contributed by atoms with van der Waals surface area (Å²) in [5.41, 5.74) is -0.0451. The van der Waals surface area contributed by atoms with Crippen molar-refractivity contribution in [3.63, 3.8) is 0 Å². The standard InChI is InChI=1S/C10H13NO/c12-8-11-10(9-4-5-9)6-2-1-3-7-10/h1-3,6,8-9H,4-5,7H2,(H,11,12). The van der Waals surface area contributed by atoms with Crippen LogP contribution in [0.2, 0.25) is 0 Å². The third-order valence-electron chi connectivity index (χ3n) is 2.73. The zero-order chi connectivity index (χ0) is 8.44. The Balaban J connectivity index is 2.15. The Bertz CT molecular complexity index is 236. The predicted molar refractivity (Wildman–Crippen MR) is 47.6 cm³/mol. The highest BCUT2D eigenvalue weighted by Gasteiger charge is 2.42. The Morgan fingerprint density at radius 1 is 1.42 bits per heavy atom. The molecule has 0 heterocycles. The molecule has 2 nitrogen and oxygen atoms in total. The molecule has 0 aliphatic heterocycles. The van der Waals surface area contributed by atoms with Crippen molar-refractivity contribution >= 4 is 6.41 Å². The molecule has 1 N–H and O–H groups in total. The van der Waals surface area contributed by atoms with Crippen molar-refractivity contribution in [1.29, 1.82) is 0 Å². The number of rotatable bonds is 3. The molecule has 12 heavy (non-hydrogen) atoms. The first-order chi connectivity index (χ1) is 5.87. The molecule has 0 spiro atoms. The van der Waals surface area contributed by atoms with E-state index in [2.05, 4.69) is 17.5 Å². The molecule has 1 saturated carbocycles. The minimum atomic E-state index is -0.0451. The number of allylic oxidation sites excluding steroid dienone is 2. The largest absolute Gasteiger partial charge is 0.349 e. The van der Waals surface area contributed by atoms with E-state index >= 15 is 0 Å². The minimum absolute atomic E-state index is 0.0451. The van der Waals surface area contributed by atoms with Crippen LogP contribution in [-0.2, 0) is 4.79 Å². The Morgan fingerprint density at radius 3 is 2.75 bits per heavy atom. The Hall–Kier alpha value is -1.05. The second-order valence-corrected chi connectivity index (χ2v) is 3.57. The van der Waals surface area contributed by atoms with Crippen LogP contribution >= 0.6 is 0 Å². The Kier molecular flexibility index (Phi) is 1.75. The van der Waals surface area contributed by atoms with Gasteiger partial charge in [0.15, 0.2) is 0 Å². The molecule has 0 aromatic carbocycles. The quantitative estimate of drug-likeness (QED) is 0.626. The van der Waals surface area contributed by atoms with E-state index in [4.69, 9.17) is 0 Å². The number of hydrogen-bond acceptors (Lipinski definition) is 1. The molecular formula is C10H13NO. The SMILES string of the molecule is O=CNC1(C2CC2)C=CC=CC1. The molecule has 0 saturated heterocycles. The van der Waals surface area contributed by atoms with Crippen molar-refractivity contribution in [2.75, 3.05) is 0 Å². The molecule has 0 aromatic rings. The van der Waals surface area contributed by atoms with Gasteiger partial charge in [0.05, 0.1) is 5.54 Å². The predicted octanol–water partition coefficient (Wildman–Crippen LogP) is 1.40. The number of amides is 1. The van der Waals surface area contributed by atoms with Crippen molar-refractivity contribution in [3.05, 3.63) is 24.3 Å². The molecular weight excluding hydrogens is 150 g/mol. The van der Waals surface area contributed by atoms with E-state index in [0.29, 0.717) is 5.92 Å². The smallest absolute Gasteiger partial charge is 0.207 e. The third-order valence-corrected chi connectivity index (χ3v) is 2.73. The molecule has 2 heteroatoms. The summed E-state index contributed by atoms with van der Waals surface area (Å²) in [7, 11) is 0. The summed E-state index contributed by atoms with van der Waals surface area (Å²) in [6, 6.07) is 0. The summed E-state index contributed by atoms with van der Waals surface area (Å²) >= 11 is 0. The first kappa shape index (κ1) is 7.59. The van der Waals surface area contributed by atoms with Gasteiger partial charge in [0.2, 0.25) is 6.41 Å². The van der Waals surface area contributed by atoms with Crippen molar-refractivity contribution in [2.24, 2.45) is 5.92 Å². The van der Waals surface area contributed by atoms with Crippen LogP contribution in [0.15, 0.2) is 24.3 Å². The van der Waals surface area contributed by atoms with Gasteiger partial charge in [-0.1, -0.05) is 24.3 Å². The first-order valence-corrected chi connectivity index (χ1v) is 4.43. The van der Waals surface area contributed by atoms with Crippen LogP contribution in [0, 0.1) is 5.92 Å². The lowest BCUT2D eigenvalue weighted by Gasteiger charge is -2.30. The van der Waals surface area contributed by atoms with Gasteiger partial charge in [-0.25, -0.2) is 0 Å². The van der Waals surface area contributed by atoms with E-state index in [1.807, 2.05) is 12.2 Å². The lowest BCUT2D eigenvalue weighted by Crippen LogP contribution is -2.45. The number of carbonyl (C=O) groups excluding carboxylic acids is 1. The molecule has 2 rings (SSSR count). The number of carbonyl (C=O) groups is 1. The third kappa shape index (κ3) is 1.17. The van der Waals surface area contributed by atoms with Gasteiger partial charge in [-0.05, 0) is 25.2 Å². The molecule has 2 aliphatic rings. The minimum Gasteiger partial charge on any atom is -0.349 e. The fraction of sp³-hybridized carbons (Fsp3) is 0.500. The molecule has 2 aliphatic carbocycles. The lowest BCUT2D eigenvalue weighted by molar-refractivity contribution is -0.111. The van der Waals surface area contributed by atoms with Gasteiger partial charge in [0, 0.05) is 0 Å². The van der Waals surface area contributed by atoms with E-state index < -0.39 is 0 Å². The summed E-state index contributed by atoms with van der Waals surface area (Å²) in [5.74, 6) is 0.670. The van der Waals surface area contributed by atoms with Crippen molar-refractivity contribution in [2.45, 2.75) is 24.8 Å². The van der Waals surface area contributed by atoms with Gasteiger partial charge in [0.25, 0.3) is 0 Å². The van der Waals surface area contributed by atoms with Crippen LogP contribution in [0.5, 0.6) is 0 Å². The van der Waals surface area contributed by atoms with E-state index in [1.54, 1.807) is 0 Å².